The van der Waals surface area contributed by atoms with Crippen molar-refractivity contribution in [2.45, 2.75) is 0 Å². The van der Waals surface area contributed by atoms with Gasteiger partial charge in [-0.1, -0.05) is 83.5 Å². The number of hydrazine groups is 1. The molecule has 0 fully saturated rings. The van der Waals surface area contributed by atoms with Gasteiger partial charge < -0.3 is 10.6 Å². The Kier molecular flexibility index (Phi) is 9.36. The molecule has 22 heavy (non-hydrogen) atoms. The van der Waals surface area contributed by atoms with E-state index in [9.17, 15) is 4.79 Å². The van der Waals surface area contributed by atoms with Crippen molar-refractivity contribution >= 4 is 6.03 Å². The highest BCUT2D eigenvalue weighted by Gasteiger charge is 2.06. The molecule has 1 rings (SSSR count). The maximum absolute atomic E-state index is 11.2. The van der Waals surface area contributed by atoms with Crippen molar-refractivity contribution < 1.29 is 14.7 Å². The molecule has 0 aromatic heterocycles. The highest BCUT2D eigenvalue weighted by Crippen LogP contribution is 1.89. The quantitative estimate of drug-likeness (QED) is 0.674. The number of amides is 2. The number of hydrogen-bond acceptors (Lipinski definition) is 4. The second-order valence-electron chi connectivity index (χ2n) is 3.90. The molecule has 6 nitrogen and oxygen atoms in total. The molecule has 1 heterocycles. The van der Waals surface area contributed by atoms with E-state index in [1.807, 2.05) is 54.7 Å². The third-order valence-electron chi connectivity index (χ3n) is 2.24. The van der Waals surface area contributed by atoms with Gasteiger partial charge in [0.15, 0.2) is 0 Å². The first-order chi connectivity index (χ1) is 10.8. The summed E-state index contributed by atoms with van der Waals surface area (Å²) in [6, 6.07) is -0.692. The summed E-state index contributed by atoms with van der Waals surface area (Å²) < 4.78 is 0. The lowest BCUT2D eigenvalue weighted by Crippen LogP contribution is -2.45. The van der Waals surface area contributed by atoms with Crippen LogP contribution in [0.25, 0.3) is 0 Å². The summed E-state index contributed by atoms with van der Waals surface area (Å²) >= 11 is 0. The van der Waals surface area contributed by atoms with Gasteiger partial charge in [-0.25, -0.2) is 9.80 Å². The van der Waals surface area contributed by atoms with Crippen LogP contribution in [0.15, 0.2) is 85.3 Å². The van der Waals surface area contributed by atoms with Crippen LogP contribution in [0.3, 0.4) is 0 Å². The predicted molar refractivity (Wildman–Crippen MR) is 85.6 cm³/mol. The van der Waals surface area contributed by atoms with E-state index in [-0.39, 0.29) is 6.54 Å². The van der Waals surface area contributed by atoms with Crippen molar-refractivity contribution in [2.24, 2.45) is 5.73 Å². The number of carbonyl (C=O) groups is 1. The van der Waals surface area contributed by atoms with Gasteiger partial charge in [-0.15, -0.1) is 0 Å². The highest BCUT2D eigenvalue weighted by molar-refractivity contribution is 5.71. The zero-order chi connectivity index (χ0) is 15.9. The largest absolute Gasteiger partial charge is 0.350 e. The van der Waals surface area contributed by atoms with Gasteiger partial charge in [0.1, 0.15) is 6.26 Å². The van der Waals surface area contributed by atoms with Crippen molar-refractivity contribution in [2.75, 3.05) is 6.54 Å². The van der Waals surface area contributed by atoms with E-state index in [2.05, 4.69) is 10.6 Å². The standard InChI is InChI=1S/C16H19N3O3/c17-16(20)19-14-12-10-8-6-4-2-1-3-5-7-9-11-13-15-21-22-18-19/h1-13,15,18H,14H2,(H2,17,20)/b3-1-,4-2-,7-5-,8-6-,11-9-,12-10-,15-13-. The third-order valence-corrected chi connectivity index (χ3v) is 2.24. The second-order valence-corrected chi connectivity index (χ2v) is 3.90. The summed E-state index contributed by atoms with van der Waals surface area (Å²) in [6.07, 6.45) is 25.1. The molecule has 2 amide bonds. The summed E-state index contributed by atoms with van der Waals surface area (Å²) in [6.45, 7) is 0.222. The van der Waals surface area contributed by atoms with Crippen LogP contribution >= 0.6 is 0 Å². The molecule has 3 N–H and O–H groups in total. The molecule has 0 aromatic rings. The molecule has 0 radical (unpaired) electrons. The Morgan fingerprint density at radius 2 is 1.36 bits per heavy atom. The number of carbonyl (C=O) groups excluding carboxylic acids is 1. The van der Waals surface area contributed by atoms with E-state index in [4.69, 9.17) is 10.6 Å². The lowest BCUT2D eigenvalue weighted by molar-refractivity contribution is -0.326. The first kappa shape index (κ1) is 17.2. The number of nitrogens with zero attached hydrogens (tertiary/aromatic N) is 1. The van der Waals surface area contributed by atoms with E-state index in [1.165, 1.54) is 6.26 Å². The molecule has 0 aromatic carbocycles. The van der Waals surface area contributed by atoms with Crippen LogP contribution in [0.5, 0.6) is 0 Å². The van der Waals surface area contributed by atoms with Gasteiger partial charge in [0.2, 0.25) is 0 Å². The molecule has 6 heteroatoms. The molecule has 116 valence electrons. The van der Waals surface area contributed by atoms with Gasteiger partial charge >= 0.3 is 6.03 Å². The lowest BCUT2D eigenvalue weighted by Gasteiger charge is -2.16. The second kappa shape index (κ2) is 12.0. The molecule has 0 atom stereocenters. The van der Waals surface area contributed by atoms with Crippen LogP contribution in [-0.4, -0.2) is 17.6 Å². The SMILES string of the molecule is NC(=O)N1C\C=C/C=C\C=C/C=C\C=C/C=C\C=C/OON1. The van der Waals surface area contributed by atoms with Gasteiger partial charge in [0, 0.05) is 0 Å². The van der Waals surface area contributed by atoms with E-state index >= 15 is 0 Å². The molecular formula is C16H19N3O3. The van der Waals surface area contributed by atoms with Crippen LogP contribution in [0.2, 0.25) is 0 Å². The molecule has 0 spiro atoms. The summed E-state index contributed by atoms with van der Waals surface area (Å²) in [5.41, 5.74) is 7.47. The van der Waals surface area contributed by atoms with Crippen molar-refractivity contribution in [3.63, 3.8) is 0 Å². The zero-order valence-corrected chi connectivity index (χ0v) is 12.0. The molecule has 0 aliphatic carbocycles. The van der Waals surface area contributed by atoms with Crippen LogP contribution in [0.1, 0.15) is 0 Å². The summed E-state index contributed by atoms with van der Waals surface area (Å²) in [4.78, 5) is 20.5. The molecule has 0 bridgehead atoms. The fraction of sp³-hybridized carbons (Fsp3) is 0.0625. The van der Waals surface area contributed by atoms with E-state index in [0.29, 0.717) is 0 Å². The number of allylic oxidation sites excluding steroid dienone is 12. The van der Waals surface area contributed by atoms with Crippen LogP contribution in [0, 0.1) is 0 Å². The summed E-state index contributed by atoms with van der Waals surface area (Å²) in [5, 5.41) is 1.05. The first-order valence-electron chi connectivity index (χ1n) is 6.60. The lowest BCUT2D eigenvalue weighted by atomic mass is 10.3. The van der Waals surface area contributed by atoms with E-state index < -0.39 is 6.03 Å². The first-order valence-corrected chi connectivity index (χ1v) is 6.60. The molecular weight excluding hydrogens is 282 g/mol. The monoisotopic (exact) mass is 301 g/mol. The Hall–Kier alpha value is -2.83. The van der Waals surface area contributed by atoms with Crippen molar-refractivity contribution in [3.8, 4) is 0 Å². The Balaban J connectivity index is 2.66. The number of hydrogen-bond donors (Lipinski definition) is 2. The van der Waals surface area contributed by atoms with Crippen LogP contribution in [-0.2, 0) is 9.88 Å². The minimum Gasteiger partial charge on any atom is -0.350 e. The van der Waals surface area contributed by atoms with Gasteiger partial charge in [-0.3, -0.25) is 0 Å². The normalized spacial score (nSPS) is 27.0. The third kappa shape index (κ3) is 9.13. The van der Waals surface area contributed by atoms with Crippen LogP contribution < -0.4 is 11.3 Å². The smallest absolute Gasteiger partial charge is 0.331 e. The fourth-order valence-electron chi connectivity index (χ4n) is 1.23. The number of nitrogens with one attached hydrogen (secondary N) is 1. The highest BCUT2D eigenvalue weighted by atomic mass is 17.3. The summed E-state index contributed by atoms with van der Waals surface area (Å²) in [7, 11) is 0. The topological polar surface area (TPSA) is 76.8 Å². The number of primary amides is 1. The molecule has 1 aliphatic heterocycles. The Morgan fingerprint density at radius 1 is 0.864 bits per heavy atom. The van der Waals surface area contributed by atoms with Crippen molar-refractivity contribution in [3.05, 3.63) is 85.3 Å². The average molecular weight is 301 g/mol. The van der Waals surface area contributed by atoms with Crippen molar-refractivity contribution in [1.29, 1.82) is 0 Å². The Bertz CT molecular complexity index is 529. The maximum atomic E-state index is 11.2. The number of urea groups is 1. The molecule has 0 saturated heterocycles. The van der Waals surface area contributed by atoms with Gasteiger partial charge in [0.05, 0.1) is 6.54 Å². The Morgan fingerprint density at radius 3 is 1.91 bits per heavy atom. The molecule has 0 saturated carbocycles. The Labute approximate surface area is 129 Å². The number of nitrogens with two attached hydrogens (primary N) is 1. The summed E-state index contributed by atoms with van der Waals surface area (Å²) in [5.74, 6) is 0. The van der Waals surface area contributed by atoms with Gasteiger partial charge in [0.25, 0.3) is 0 Å². The predicted octanol–water partition coefficient (Wildman–Crippen LogP) is 2.60. The van der Waals surface area contributed by atoms with Crippen molar-refractivity contribution in [1.82, 2.24) is 10.6 Å². The minimum absolute atomic E-state index is 0.222. The fourth-order valence-corrected chi connectivity index (χ4v) is 1.23. The van der Waals surface area contributed by atoms with E-state index in [0.717, 1.165) is 5.01 Å². The zero-order valence-electron chi connectivity index (χ0n) is 12.0. The average Bonchev–Trinajstić information content (AvgIpc) is 2.50. The maximum Gasteiger partial charge on any atom is 0.331 e. The minimum atomic E-state index is -0.692. The van der Waals surface area contributed by atoms with Crippen LogP contribution in [0.4, 0.5) is 4.79 Å². The molecule has 1 aliphatic rings. The van der Waals surface area contributed by atoms with E-state index in [1.54, 1.807) is 24.3 Å². The molecule has 0 unspecified atom stereocenters. The van der Waals surface area contributed by atoms with Gasteiger partial charge in [-0.05, 0) is 6.08 Å². The number of rotatable bonds is 0. The van der Waals surface area contributed by atoms with Gasteiger partial charge in [-0.2, -0.15) is 0 Å².